The van der Waals surface area contributed by atoms with Crippen LogP contribution in [0.1, 0.15) is 92.3 Å². The van der Waals surface area contributed by atoms with E-state index < -0.39 is 12.4 Å². The Morgan fingerprint density at radius 2 is 1.54 bits per heavy atom. The van der Waals surface area contributed by atoms with Crippen molar-refractivity contribution in [1.29, 1.82) is 0 Å². The van der Waals surface area contributed by atoms with Gasteiger partial charge >= 0.3 is 0 Å². The van der Waals surface area contributed by atoms with Crippen molar-refractivity contribution in [2.24, 2.45) is 0 Å². The van der Waals surface area contributed by atoms with Gasteiger partial charge in [-0.25, -0.2) is 0 Å². The molecular weight excluding hydrogens is 654 g/mol. The minimum absolute atomic E-state index is 0.0148. The molecule has 4 N–H and O–H groups in total. The zero-order valence-electron chi connectivity index (χ0n) is 30.5. The second-order valence-corrected chi connectivity index (χ2v) is 13.7. The molecular formula is C43H53N3O6. The minimum atomic E-state index is -0.639. The molecule has 0 unspecified atom stereocenters. The minimum Gasteiger partial charge on any atom is -0.392 e. The molecule has 1 saturated heterocycles. The van der Waals surface area contributed by atoms with Crippen LogP contribution in [0.25, 0.3) is 11.1 Å². The number of carbonyl (C=O) groups is 2. The summed E-state index contributed by atoms with van der Waals surface area (Å²) < 4.78 is 13.2. The predicted octanol–water partition coefficient (Wildman–Crippen LogP) is 6.76. The van der Waals surface area contributed by atoms with E-state index in [4.69, 9.17) is 9.47 Å². The number of nitrogens with zero attached hydrogens (tertiary/aromatic N) is 1. The molecule has 1 aliphatic heterocycles. The fraction of sp³-hybridized carbons (Fsp3) is 0.395. The molecule has 0 bridgehead atoms. The maximum atomic E-state index is 12.6. The van der Waals surface area contributed by atoms with Gasteiger partial charge in [0, 0.05) is 51.0 Å². The summed E-state index contributed by atoms with van der Waals surface area (Å²) in [7, 11) is 2.01. The van der Waals surface area contributed by atoms with Gasteiger partial charge in [0.05, 0.1) is 24.9 Å². The number of nitrogens with one attached hydrogen (secondary N) is 2. The highest BCUT2D eigenvalue weighted by Gasteiger charge is 2.34. The molecule has 5 atom stereocenters. The van der Waals surface area contributed by atoms with Gasteiger partial charge in [0.2, 0.25) is 11.8 Å². The number of hydrogen-bond acceptors (Lipinski definition) is 7. The fourth-order valence-electron chi connectivity index (χ4n) is 6.60. The number of hydrogen-bond donors (Lipinski definition) is 4. The lowest BCUT2D eigenvalue weighted by molar-refractivity contribution is -0.253. The van der Waals surface area contributed by atoms with Crippen LogP contribution in [0, 0.1) is 0 Å². The number of carbonyl (C=O) groups excluding carboxylic acids is 2. The molecule has 0 aliphatic carbocycles. The van der Waals surface area contributed by atoms with Crippen LogP contribution in [0.3, 0.4) is 0 Å². The first kappa shape index (κ1) is 38.8. The van der Waals surface area contributed by atoms with Crippen molar-refractivity contribution in [3.63, 3.8) is 0 Å². The van der Waals surface area contributed by atoms with E-state index in [1.807, 2.05) is 98.9 Å². The van der Waals surface area contributed by atoms with E-state index in [0.717, 1.165) is 58.2 Å². The number of amides is 2. The maximum absolute atomic E-state index is 12.6. The summed E-state index contributed by atoms with van der Waals surface area (Å²) in [6.45, 7) is 5.19. The normalized spacial score (nSPS) is 18.5. The summed E-state index contributed by atoms with van der Waals surface area (Å²) in [4.78, 5) is 25.7. The van der Waals surface area contributed by atoms with Gasteiger partial charge in [0.1, 0.15) is 0 Å². The van der Waals surface area contributed by atoms with Gasteiger partial charge in [-0.15, -0.1) is 0 Å². The predicted molar refractivity (Wildman–Crippen MR) is 203 cm³/mol. The van der Waals surface area contributed by atoms with Gasteiger partial charge in [0.25, 0.3) is 0 Å². The Labute approximate surface area is 308 Å². The van der Waals surface area contributed by atoms with E-state index in [1.165, 1.54) is 6.92 Å². The molecule has 276 valence electrons. The Balaban J connectivity index is 1.25. The number of rotatable bonds is 17. The van der Waals surface area contributed by atoms with Crippen molar-refractivity contribution in [3.05, 3.63) is 131 Å². The average molecular weight is 708 g/mol. The summed E-state index contributed by atoms with van der Waals surface area (Å²) in [5.41, 5.74) is 6.74. The van der Waals surface area contributed by atoms with Crippen molar-refractivity contribution < 1.29 is 29.3 Å². The number of aliphatic hydroxyl groups is 2. The van der Waals surface area contributed by atoms with Gasteiger partial charge in [-0.05, 0) is 60.2 Å². The molecule has 0 radical (unpaired) electrons. The molecule has 52 heavy (non-hydrogen) atoms. The molecule has 4 aromatic rings. The SMILES string of the molecule is CC(=O)NCCCCCC(=O)NCc1ccccc1-c1ccc([C@H]2O[C@@H](CN(C)[C@H](C)[C@@H](O)c3ccccc3)C[C@@H](c3ccc(CO)cc3)O2)cc1. The van der Waals surface area contributed by atoms with Crippen LogP contribution in [-0.2, 0) is 32.2 Å². The summed E-state index contributed by atoms with van der Waals surface area (Å²) in [6.07, 6.45) is 1.98. The molecule has 2 amide bonds. The molecule has 9 nitrogen and oxygen atoms in total. The molecule has 0 aromatic heterocycles. The monoisotopic (exact) mass is 707 g/mol. The fourth-order valence-corrected chi connectivity index (χ4v) is 6.60. The van der Waals surface area contributed by atoms with E-state index in [0.29, 0.717) is 32.5 Å². The van der Waals surface area contributed by atoms with E-state index >= 15 is 0 Å². The standard InChI is InChI=1S/C43H53N3O6/c1-30(42(50)35-12-6-4-7-13-35)46(3)28-38-26-40(34-19-17-32(29-47)18-20-34)52-43(51-38)36-23-21-33(22-24-36)39-15-10-9-14-37(39)27-45-41(49)16-8-5-11-25-44-31(2)48/h4,6-7,9-10,12-15,17-24,30,38,40,42-43,47,50H,5,8,11,16,25-29H2,1-3H3,(H,44,48)(H,45,49)/t30-,38-,40+,42-,43+/m1/s1. The van der Waals surface area contributed by atoms with Crippen LogP contribution in [0.2, 0.25) is 0 Å². The number of benzene rings is 4. The van der Waals surface area contributed by atoms with Crippen LogP contribution < -0.4 is 10.6 Å². The van der Waals surface area contributed by atoms with Crippen molar-refractivity contribution in [1.82, 2.24) is 15.5 Å². The Hall–Kier alpha value is -4.38. The second-order valence-electron chi connectivity index (χ2n) is 13.7. The van der Waals surface area contributed by atoms with Crippen LogP contribution in [0.5, 0.6) is 0 Å². The zero-order chi connectivity index (χ0) is 36.9. The highest BCUT2D eigenvalue weighted by atomic mass is 16.7. The maximum Gasteiger partial charge on any atom is 0.220 e. The highest BCUT2D eigenvalue weighted by Crippen LogP contribution is 2.39. The van der Waals surface area contributed by atoms with Crippen LogP contribution in [-0.4, -0.2) is 59.2 Å². The molecule has 1 aliphatic rings. The van der Waals surface area contributed by atoms with Crippen LogP contribution in [0.4, 0.5) is 0 Å². The van der Waals surface area contributed by atoms with Gasteiger partial charge in [-0.1, -0.05) is 110 Å². The van der Waals surface area contributed by atoms with E-state index in [9.17, 15) is 19.8 Å². The Kier molecular flexibility index (Phi) is 14.5. The van der Waals surface area contributed by atoms with E-state index in [-0.39, 0.29) is 36.7 Å². The summed E-state index contributed by atoms with van der Waals surface area (Å²) in [5, 5.41) is 26.6. The highest BCUT2D eigenvalue weighted by molar-refractivity contribution is 5.76. The smallest absolute Gasteiger partial charge is 0.220 e. The van der Waals surface area contributed by atoms with Gasteiger partial charge < -0.3 is 30.3 Å². The van der Waals surface area contributed by atoms with Crippen molar-refractivity contribution >= 4 is 11.8 Å². The average Bonchev–Trinajstić information content (AvgIpc) is 3.18. The van der Waals surface area contributed by atoms with Crippen LogP contribution >= 0.6 is 0 Å². The second kappa shape index (κ2) is 19.5. The first-order valence-electron chi connectivity index (χ1n) is 18.3. The Bertz CT molecular complexity index is 1700. The summed E-state index contributed by atoms with van der Waals surface area (Å²) in [5.74, 6) is -0.0165. The van der Waals surface area contributed by atoms with Gasteiger partial charge in [-0.3, -0.25) is 14.5 Å². The number of ether oxygens (including phenoxy) is 2. The Morgan fingerprint density at radius 3 is 2.25 bits per heavy atom. The first-order chi connectivity index (χ1) is 25.2. The molecule has 9 heteroatoms. The molecule has 5 rings (SSSR count). The molecule has 1 fully saturated rings. The van der Waals surface area contributed by atoms with Gasteiger partial charge in [-0.2, -0.15) is 0 Å². The largest absolute Gasteiger partial charge is 0.392 e. The van der Waals surface area contributed by atoms with Crippen molar-refractivity contribution in [3.8, 4) is 11.1 Å². The van der Waals surface area contributed by atoms with E-state index in [2.05, 4.69) is 33.7 Å². The van der Waals surface area contributed by atoms with E-state index in [1.54, 1.807) is 0 Å². The number of likely N-dealkylation sites (N-methyl/N-ethyl adjacent to an activating group) is 1. The molecule has 0 saturated carbocycles. The van der Waals surface area contributed by atoms with Gasteiger partial charge in [0.15, 0.2) is 6.29 Å². The van der Waals surface area contributed by atoms with Crippen molar-refractivity contribution in [2.75, 3.05) is 20.1 Å². The quantitative estimate of drug-likeness (QED) is 0.0896. The topological polar surface area (TPSA) is 120 Å². The first-order valence-corrected chi connectivity index (χ1v) is 18.3. The lowest BCUT2D eigenvalue weighted by Crippen LogP contribution is -2.43. The third-order valence-electron chi connectivity index (χ3n) is 9.84. The molecule has 1 heterocycles. The third-order valence-corrected chi connectivity index (χ3v) is 9.84. The summed E-state index contributed by atoms with van der Waals surface area (Å²) >= 11 is 0. The number of unbranched alkanes of at least 4 members (excludes halogenated alkanes) is 2. The van der Waals surface area contributed by atoms with Crippen molar-refractivity contribution in [2.45, 2.75) is 89.7 Å². The molecule has 4 aromatic carbocycles. The third kappa shape index (κ3) is 11.1. The molecule has 0 spiro atoms. The lowest BCUT2D eigenvalue weighted by Gasteiger charge is -2.39. The Morgan fingerprint density at radius 1 is 0.846 bits per heavy atom. The summed E-state index contributed by atoms with van der Waals surface area (Å²) in [6, 6.07) is 33.7. The van der Waals surface area contributed by atoms with Crippen LogP contribution in [0.15, 0.2) is 103 Å². The lowest BCUT2D eigenvalue weighted by atomic mass is 9.97. The zero-order valence-corrected chi connectivity index (χ0v) is 30.5. The number of aliphatic hydroxyl groups excluding tert-OH is 2.